The van der Waals surface area contributed by atoms with Crippen LogP contribution in [-0.4, -0.2) is 38.1 Å². The molecule has 0 aromatic rings. The number of halogens is 2. The van der Waals surface area contributed by atoms with E-state index in [-0.39, 0.29) is 24.8 Å². The summed E-state index contributed by atoms with van der Waals surface area (Å²) in [4.78, 5) is 2.39. The Balaban J connectivity index is 0.000000605. The van der Waals surface area contributed by atoms with E-state index < -0.39 is 0 Å². The molecule has 0 fully saturated rings. The molecule has 0 saturated heterocycles. The van der Waals surface area contributed by atoms with Gasteiger partial charge in [0.05, 0.1) is 0 Å². The van der Waals surface area contributed by atoms with Crippen LogP contribution in [0.3, 0.4) is 0 Å². The van der Waals surface area contributed by atoms with Gasteiger partial charge in [-0.3, -0.25) is 4.90 Å². The average Bonchev–Trinajstić information content (AvgIpc) is 2.27. The maximum atomic E-state index is 3.39. The number of rotatable bonds is 0. The number of nitrogens with one attached hydrogen (secondary N) is 1. The molecule has 0 unspecified atom stereocenters. The van der Waals surface area contributed by atoms with Crippen molar-refractivity contribution in [3.05, 3.63) is 11.1 Å². The highest BCUT2D eigenvalue weighted by Gasteiger charge is 2.20. The normalized spacial score (nSPS) is 22.8. The largest absolute Gasteiger partial charge is 0.313 e. The van der Waals surface area contributed by atoms with Crippen molar-refractivity contribution in [3.63, 3.8) is 0 Å². The van der Waals surface area contributed by atoms with Crippen molar-refractivity contribution in [1.82, 2.24) is 10.2 Å². The van der Waals surface area contributed by atoms with E-state index in [2.05, 4.69) is 17.3 Å². The second-order valence-electron chi connectivity index (χ2n) is 3.31. The molecule has 2 heterocycles. The molecule has 0 aliphatic carbocycles. The van der Waals surface area contributed by atoms with Crippen molar-refractivity contribution in [2.45, 2.75) is 6.42 Å². The fourth-order valence-electron chi connectivity index (χ4n) is 1.85. The van der Waals surface area contributed by atoms with Crippen LogP contribution in [0.1, 0.15) is 6.42 Å². The average molecular weight is 211 g/mol. The Kier molecular flexibility index (Phi) is 5.18. The monoisotopic (exact) mass is 210 g/mol. The standard InChI is InChI=1S/C8H14N2.2ClH/c1-10-5-7-2-3-9-4-8(7)6-10;;/h9H,2-6H2,1H3;2*1H. The van der Waals surface area contributed by atoms with E-state index in [1.54, 1.807) is 11.1 Å². The highest BCUT2D eigenvalue weighted by atomic mass is 35.5. The van der Waals surface area contributed by atoms with Gasteiger partial charge in [0, 0.05) is 19.6 Å². The van der Waals surface area contributed by atoms with E-state index in [0.29, 0.717) is 0 Å². The smallest absolute Gasteiger partial charge is 0.0209 e. The summed E-state index contributed by atoms with van der Waals surface area (Å²) in [5.41, 5.74) is 3.34. The van der Waals surface area contributed by atoms with Crippen molar-refractivity contribution < 1.29 is 0 Å². The topological polar surface area (TPSA) is 15.3 Å². The third kappa shape index (κ3) is 2.36. The Morgan fingerprint density at radius 1 is 1.17 bits per heavy atom. The summed E-state index contributed by atoms with van der Waals surface area (Å²) in [5, 5.41) is 3.39. The van der Waals surface area contributed by atoms with Gasteiger partial charge in [0.2, 0.25) is 0 Å². The van der Waals surface area contributed by atoms with Crippen LogP contribution >= 0.6 is 24.8 Å². The molecule has 0 radical (unpaired) electrons. The Morgan fingerprint density at radius 2 is 1.83 bits per heavy atom. The molecule has 2 aliphatic heterocycles. The summed E-state index contributed by atoms with van der Waals surface area (Å²) < 4.78 is 0. The molecule has 1 N–H and O–H groups in total. The Bertz CT molecular complexity index is 162. The van der Waals surface area contributed by atoms with Gasteiger partial charge < -0.3 is 5.32 Å². The number of likely N-dealkylation sites (N-methyl/N-ethyl adjacent to an activating group) is 1. The minimum Gasteiger partial charge on any atom is -0.313 e. The van der Waals surface area contributed by atoms with E-state index in [1.807, 2.05) is 0 Å². The fraction of sp³-hybridized carbons (Fsp3) is 0.750. The van der Waals surface area contributed by atoms with Gasteiger partial charge in [-0.15, -0.1) is 24.8 Å². The minimum atomic E-state index is 0. The molecule has 0 bridgehead atoms. The molecule has 0 aromatic carbocycles. The minimum absolute atomic E-state index is 0. The quantitative estimate of drug-likeness (QED) is 0.603. The summed E-state index contributed by atoms with van der Waals surface area (Å²) in [5.74, 6) is 0. The molecule has 12 heavy (non-hydrogen) atoms. The van der Waals surface area contributed by atoms with Crippen LogP contribution in [0.4, 0.5) is 0 Å². The lowest BCUT2D eigenvalue weighted by molar-refractivity contribution is 0.423. The number of hydrogen-bond donors (Lipinski definition) is 1. The van der Waals surface area contributed by atoms with E-state index >= 15 is 0 Å². The number of nitrogens with zero attached hydrogens (tertiary/aromatic N) is 1. The summed E-state index contributed by atoms with van der Waals surface area (Å²) in [7, 11) is 2.19. The van der Waals surface area contributed by atoms with E-state index in [1.165, 1.54) is 26.1 Å². The zero-order chi connectivity index (χ0) is 6.97. The number of hydrogen-bond acceptors (Lipinski definition) is 2. The maximum absolute atomic E-state index is 3.39. The lowest BCUT2D eigenvalue weighted by atomic mass is 10.1. The van der Waals surface area contributed by atoms with Crippen molar-refractivity contribution in [2.75, 3.05) is 33.2 Å². The molecule has 2 aliphatic rings. The van der Waals surface area contributed by atoms with Crippen LogP contribution < -0.4 is 5.32 Å². The van der Waals surface area contributed by atoms with E-state index in [0.717, 1.165) is 6.54 Å². The Morgan fingerprint density at radius 3 is 2.50 bits per heavy atom. The lowest BCUT2D eigenvalue weighted by Crippen LogP contribution is -2.24. The van der Waals surface area contributed by atoms with Gasteiger partial charge in [-0.25, -0.2) is 0 Å². The molecule has 0 aromatic heterocycles. The van der Waals surface area contributed by atoms with Crippen LogP contribution in [0.25, 0.3) is 0 Å². The van der Waals surface area contributed by atoms with Crippen molar-refractivity contribution >= 4 is 24.8 Å². The molecule has 0 amide bonds. The van der Waals surface area contributed by atoms with E-state index in [9.17, 15) is 0 Å². The van der Waals surface area contributed by atoms with Crippen LogP contribution in [0, 0.1) is 0 Å². The zero-order valence-corrected chi connectivity index (χ0v) is 8.93. The highest BCUT2D eigenvalue weighted by molar-refractivity contribution is 5.85. The van der Waals surface area contributed by atoms with Gasteiger partial charge in [-0.1, -0.05) is 5.57 Å². The molecule has 0 atom stereocenters. The first-order valence-corrected chi connectivity index (χ1v) is 3.95. The predicted octanol–water partition coefficient (Wildman–Crippen LogP) is 1.07. The van der Waals surface area contributed by atoms with Crippen LogP contribution in [0.5, 0.6) is 0 Å². The van der Waals surface area contributed by atoms with Crippen molar-refractivity contribution in [2.24, 2.45) is 0 Å². The summed E-state index contributed by atoms with van der Waals surface area (Å²) in [6.45, 7) is 4.74. The van der Waals surface area contributed by atoms with Gasteiger partial charge in [0.25, 0.3) is 0 Å². The molecule has 4 heteroatoms. The Hall–Kier alpha value is 0.240. The summed E-state index contributed by atoms with van der Waals surface area (Å²) >= 11 is 0. The van der Waals surface area contributed by atoms with Gasteiger partial charge in [0.15, 0.2) is 0 Å². The first-order chi connectivity index (χ1) is 4.86. The molecular formula is C8H16Cl2N2. The predicted molar refractivity (Wildman–Crippen MR) is 56.5 cm³/mol. The van der Waals surface area contributed by atoms with Crippen LogP contribution in [0.15, 0.2) is 11.1 Å². The first-order valence-electron chi connectivity index (χ1n) is 3.95. The maximum Gasteiger partial charge on any atom is 0.0209 e. The third-order valence-corrected chi connectivity index (χ3v) is 2.36. The van der Waals surface area contributed by atoms with Crippen molar-refractivity contribution in [3.8, 4) is 0 Å². The molecule has 2 nitrogen and oxygen atoms in total. The third-order valence-electron chi connectivity index (χ3n) is 2.36. The second kappa shape index (κ2) is 5.07. The molecule has 0 saturated carbocycles. The molecular weight excluding hydrogens is 195 g/mol. The van der Waals surface area contributed by atoms with Crippen LogP contribution in [-0.2, 0) is 0 Å². The fourth-order valence-corrected chi connectivity index (χ4v) is 1.85. The highest BCUT2D eigenvalue weighted by Crippen LogP contribution is 2.20. The van der Waals surface area contributed by atoms with Crippen LogP contribution in [0.2, 0.25) is 0 Å². The Labute approximate surface area is 86.2 Å². The van der Waals surface area contributed by atoms with Gasteiger partial charge in [0.1, 0.15) is 0 Å². The molecule has 72 valence electrons. The van der Waals surface area contributed by atoms with E-state index in [4.69, 9.17) is 0 Å². The van der Waals surface area contributed by atoms with Gasteiger partial charge >= 0.3 is 0 Å². The summed E-state index contributed by atoms with van der Waals surface area (Å²) in [6, 6.07) is 0. The van der Waals surface area contributed by atoms with Gasteiger partial charge in [-0.05, 0) is 25.6 Å². The SMILES string of the molecule is CN1CC2=C(CNCC2)C1.Cl.Cl. The molecule has 2 rings (SSSR count). The lowest BCUT2D eigenvalue weighted by Gasteiger charge is -2.13. The zero-order valence-electron chi connectivity index (χ0n) is 7.30. The van der Waals surface area contributed by atoms with Crippen molar-refractivity contribution in [1.29, 1.82) is 0 Å². The first kappa shape index (κ1) is 12.2. The second-order valence-corrected chi connectivity index (χ2v) is 3.31. The molecule has 0 spiro atoms. The van der Waals surface area contributed by atoms with Gasteiger partial charge in [-0.2, -0.15) is 0 Å². The summed E-state index contributed by atoms with van der Waals surface area (Å²) in [6.07, 6.45) is 1.28.